The lowest BCUT2D eigenvalue weighted by molar-refractivity contribution is -0.139. The lowest BCUT2D eigenvalue weighted by Crippen LogP contribution is -2.30. The van der Waals surface area contributed by atoms with Crippen molar-refractivity contribution in [3.8, 4) is 0 Å². The SMILES string of the molecule is CCOC(=O)CSC(C(=O)NC1CC1)c1ccc(F)cc1. The van der Waals surface area contributed by atoms with Gasteiger partial charge >= 0.3 is 5.97 Å². The summed E-state index contributed by atoms with van der Waals surface area (Å²) in [6.07, 6.45) is 1.98. The number of ether oxygens (including phenoxy) is 1. The Morgan fingerprint density at radius 2 is 2.05 bits per heavy atom. The summed E-state index contributed by atoms with van der Waals surface area (Å²) in [4.78, 5) is 23.7. The first-order chi connectivity index (χ1) is 10.1. The van der Waals surface area contributed by atoms with Crippen LogP contribution in [0.5, 0.6) is 0 Å². The van der Waals surface area contributed by atoms with Crippen LogP contribution in [-0.4, -0.2) is 30.3 Å². The first-order valence-corrected chi connectivity index (χ1v) is 7.98. The van der Waals surface area contributed by atoms with Gasteiger partial charge in [0.2, 0.25) is 5.91 Å². The van der Waals surface area contributed by atoms with E-state index >= 15 is 0 Å². The number of esters is 1. The highest BCUT2D eigenvalue weighted by atomic mass is 32.2. The van der Waals surface area contributed by atoms with Crippen LogP contribution in [0, 0.1) is 5.82 Å². The molecule has 0 heterocycles. The Morgan fingerprint density at radius 1 is 1.38 bits per heavy atom. The second-order valence-corrected chi connectivity index (χ2v) is 5.92. The largest absolute Gasteiger partial charge is 0.465 e. The fraction of sp³-hybridized carbons (Fsp3) is 0.467. The van der Waals surface area contributed by atoms with Crippen molar-refractivity contribution in [1.29, 1.82) is 0 Å². The van der Waals surface area contributed by atoms with Crippen LogP contribution in [0.2, 0.25) is 0 Å². The van der Waals surface area contributed by atoms with Gasteiger partial charge in [0.05, 0.1) is 12.4 Å². The average Bonchev–Trinajstić information content (AvgIpc) is 3.25. The third kappa shape index (κ3) is 5.04. The van der Waals surface area contributed by atoms with E-state index in [4.69, 9.17) is 4.74 Å². The lowest BCUT2D eigenvalue weighted by atomic mass is 10.1. The monoisotopic (exact) mass is 311 g/mol. The predicted octanol–water partition coefficient (Wildman–Crippen LogP) is 2.44. The van der Waals surface area contributed by atoms with Crippen LogP contribution < -0.4 is 5.32 Å². The first kappa shape index (κ1) is 15.8. The van der Waals surface area contributed by atoms with Gasteiger partial charge < -0.3 is 10.1 Å². The third-order valence-corrected chi connectivity index (χ3v) is 4.23. The molecule has 0 radical (unpaired) electrons. The molecule has 0 bridgehead atoms. The highest BCUT2D eigenvalue weighted by Gasteiger charge is 2.29. The molecule has 21 heavy (non-hydrogen) atoms. The van der Waals surface area contributed by atoms with Crippen LogP contribution in [0.25, 0.3) is 0 Å². The summed E-state index contributed by atoms with van der Waals surface area (Å²) < 4.78 is 17.9. The van der Waals surface area contributed by atoms with E-state index in [0.717, 1.165) is 12.8 Å². The molecule has 1 aromatic carbocycles. The smallest absolute Gasteiger partial charge is 0.315 e. The predicted molar refractivity (Wildman–Crippen MR) is 79.4 cm³/mol. The topological polar surface area (TPSA) is 55.4 Å². The van der Waals surface area contributed by atoms with Crippen molar-refractivity contribution < 1.29 is 18.7 Å². The Kier molecular flexibility index (Phi) is 5.61. The van der Waals surface area contributed by atoms with Crippen molar-refractivity contribution in [1.82, 2.24) is 5.32 Å². The maximum atomic E-state index is 13.0. The molecule has 0 spiro atoms. The Bertz CT molecular complexity index is 502. The van der Waals surface area contributed by atoms with Crippen molar-refractivity contribution in [2.75, 3.05) is 12.4 Å². The van der Waals surface area contributed by atoms with E-state index in [1.54, 1.807) is 19.1 Å². The molecule has 1 fully saturated rings. The van der Waals surface area contributed by atoms with E-state index in [0.29, 0.717) is 12.2 Å². The van der Waals surface area contributed by atoms with Crippen LogP contribution in [0.15, 0.2) is 24.3 Å². The molecule has 0 saturated heterocycles. The van der Waals surface area contributed by atoms with Crippen molar-refractivity contribution in [2.45, 2.75) is 31.1 Å². The summed E-state index contributed by atoms with van der Waals surface area (Å²) in [7, 11) is 0. The van der Waals surface area contributed by atoms with E-state index < -0.39 is 5.25 Å². The second-order valence-electron chi connectivity index (χ2n) is 4.83. The number of hydrogen-bond acceptors (Lipinski definition) is 4. The third-order valence-electron chi connectivity index (χ3n) is 3.01. The molecule has 1 unspecified atom stereocenters. The fourth-order valence-corrected chi connectivity index (χ4v) is 2.77. The normalized spacial score (nSPS) is 15.3. The average molecular weight is 311 g/mol. The zero-order chi connectivity index (χ0) is 15.2. The van der Waals surface area contributed by atoms with E-state index in [9.17, 15) is 14.0 Å². The molecule has 1 amide bonds. The minimum Gasteiger partial charge on any atom is -0.465 e. The molecule has 4 nitrogen and oxygen atoms in total. The van der Waals surface area contributed by atoms with Gasteiger partial charge in [-0.05, 0) is 37.5 Å². The fourth-order valence-electron chi connectivity index (χ4n) is 1.82. The van der Waals surface area contributed by atoms with Crippen LogP contribution >= 0.6 is 11.8 Å². The van der Waals surface area contributed by atoms with Crippen LogP contribution in [0.4, 0.5) is 4.39 Å². The Hall–Kier alpha value is -1.56. The van der Waals surface area contributed by atoms with Gasteiger partial charge in [-0.1, -0.05) is 12.1 Å². The summed E-state index contributed by atoms with van der Waals surface area (Å²) in [5.41, 5.74) is 0.684. The van der Waals surface area contributed by atoms with Gasteiger partial charge in [0.1, 0.15) is 11.1 Å². The van der Waals surface area contributed by atoms with Crippen molar-refractivity contribution >= 4 is 23.6 Å². The van der Waals surface area contributed by atoms with Crippen molar-refractivity contribution in [3.63, 3.8) is 0 Å². The van der Waals surface area contributed by atoms with Gasteiger partial charge in [-0.25, -0.2) is 4.39 Å². The minimum atomic E-state index is -0.532. The highest BCUT2D eigenvalue weighted by Crippen LogP contribution is 2.31. The number of thioether (sulfide) groups is 1. The van der Waals surface area contributed by atoms with E-state index in [-0.39, 0.29) is 29.5 Å². The molecule has 2 rings (SSSR count). The minimum absolute atomic E-state index is 0.0912. The molecule has 1 aliphatic carbocycles. The molecule has 0 aromatic heterocycles. The Morgan fingerprint density at radius 3 is 2.62 bits per heavy atom. The molecule has 1 atom stereocenters. The summed E-state index contributed by atoms with van der Waals surface area (Å²) >= 11 is 1.20. The molecule has 1 aliphatic rings. The van der Waals surface area contributed by atoms with E-state index in [2.05, 4.69) is 5.32 Å². The van der Waals surface area contributed by atoms with Gasteiger partial charge in [-0.15, -0.1) is 11.8 Å². The summed E-state index contributed by atoms with van der Waals surface area (Å²) in [5, 5.41) is 2.39. The maximum Gasteiger partial charge on any atom is 0.315 e. The van der Waals surface area contributed by atoms with Gasteiger partial charge in [-0.2, -0.15) is 0 Å². The highest BCUT2D eigenvalue weighted by molar-refractivity contribution is 8.00. The molecular formula is C15H18FNO3S. The zero-order valence-corrected chi connectivity index (χ0v) is 12.6. The van der Waals surface area contributed by atoms with Gasteiger partial charge in [0.25, 0.3) is 0 Å². The lowest BCUT2D eigenvalue weighted by Gasteiger charge is -2.16. The van der Waals surface area contributed by atoms with E-state index in [1.807, 2.05) is 0 Å². The summed E-state index contributed by atoms with van der Waals surface area (Å²) in [6.45, 7) is 2.05. The quantitative estimate of drug-likeness (QED) is 0.786. The van der Waals surface area contributed by atoms with Crippen LogP contribution in [-0.2, 0) is 14.3 Å². The second kappa shape index (κ2) is 7.45. The number of nitrogens with one attached hydrogen (secondary N) is 1. The Labute approximate surface area is 127 Å². The van der Waals surface area contributed by atoms with Crippen molar-refractivity contribution in [2.24, 2.45) is 0 Å². The summed E-state index contributed by atoms with van der Waals surface area (Å²) in [5.74, 6) is -0.753. The van der Waals surface area contributed by atoms with Crippen LogP contribution in [0.3, 0.4) is 0 Å². The number of benzene rings is 1. The molecule has 0 aliphatic heterocycles. The van der Waals surface area contributed by atoms with Crippen molar-refractivity contribution in [3.05, 3.63) is 35.6 Å². The first-order valence-electron chi connectivity index (χ1n) is 6.93. The van der Waals surface area contributed by atoms with Gasteiger partial charge in [0, 0.05) is 6.04 Å². The molecule has 6 heteroatoms. The molecule has 114 valence electrons. The number of rotatable bonds is 7. The number of halogens is 1. The molecule has 1 N–H and O–H groups in total. The zero-order valence-electron chi connectivity index (χ0n) is 11.8. The molecule has 1 aromatic rings. The molecule has 1 saturated carbocycles. The number of hydrogen-bond donors (Lipinski definition) is 1. The van der Waals surface area contributed by atoms with Crippen LogP contribution in [0.1, 0.15) is 30.6 Å². The molecular weight excluding hydrogens is 293 g/mol. The number of amides is 1. The Balaban J connectivity index is 2.03. The number of carbonyl (C=O) groups is 2. The maximum absolute atomic E-state index is 13.0. The summed E-state index contributed by atoms with van der Waals surface area (Å²) in [6, 6.07) is 6.02. The standard InChI is InChI=1S/C15H18FNO3S/c1-2-20-13(18)9-21-14(15(19)17-12-7-8-12)10-3-5-11(16)6-4-10/h3-6,12,14H,2,7-9H2,1H3,(H,17,19). The van der Waals surface area contributed by atoms with Gasteiger partial charge in [0.15, 0.2) is 0 Å². The van der Waals surface area contributed by atoms with Gasteiger partial charge in [-0.3, -0.25) is 9.59 Å². The van der Waals surface area contributed by atoms with E-state index in [1.165, 1.54) is 23.9 Å². The number of carbonyl (C=O) groups excluding carboxylic acids is 2.